The molecule has 0 saturated carbocycles. The van der Waals surface area contributed by atoms with Gasteiger partial charge in [-0.3, -0.25) is 14.1 Å². The first-order chi connectivity index (χ1) is 13.2. The number of amides is 1. The summed E-state index contributed by atoms with van der Waals surface area (Å²) in [5.74, 6) is 0.670. The zero-order valence-electron chi connectivity index (χ0n) is 16.3. The number of hydrogen-bond acceptors (Lipinski definition) is 6. The second-order valence-electron chi connectivity index (χ2n) is 7.42. The number of nitrogens with zero attached hydrogens (tertiary/aromatic N) is 1. The molecule has 1 amide bonds. The lowest BCUT2D eigenvalue weighted by molar-refractivity contribution is -0.120. The average Bonchev–Trinajstić information content (AvgIpc) is 2.64. The van der Waals surface area contributed by atoms with Gasteiger partial charge in [0, 0.05) is 12.1 Å². The van der Waals surface area contributed by atoms with E-state index < -0.39 is 10.1 Å². The first kappa shape index (κ1) is 22.5. The Bertz CT molecular complexity index is 808. The van der Waals surface area contributed by atoms with E-state index in [0.29, 0.717) is 12.2 Å². The maximum absolute atomic E-state index is 12.2. The van der Waals surface area contributed by atoms with Gasteiger partial charge in [0.25, 0.3) is 15.7 Å². The highest BCUT2D eigenvalue weighted by Crippen LogP contribution is 2.20. The van der Waals surface area contributed by atoms with Crippen LogP contribution >= 0.6 is 0 Å². The van der Waals surface area contributed by atoms with Gasteiger partial charge in [-0.15, -0.1) is 0 Å². The minimum absolute atomic E-state index is 0.00101. The van der Waals surface area contributed by atoms with Crippen molar-refractivity contribution in [3.63, 3.8) is 0 Å². The zero-order chi connectivity index (χ0) is 20.6. The Morgan fingerprint density at radius 1 is 1.25 bits per heavy atom. The molecule has 0 spiro atoms. The van der Waals surface area contributed by atoms with Gasteiger partial charge in [-0.25, -0.2) is 5.10 Å². The number of hydrogen-bond donors (Lipinski definition) is 4. The highest BCUT2D eigenvalue weighted by atomic mass is 32.2. The Balaban J connectivity index is 0.000000500. The summed E-state index contributed by atoms with van der Waals surface area (Å²) in [6, 6.07) is 0. The predicted octanol–water partition coefficient (Wildman–Crippen LogP) is 0.201. The molecule has 2 aliphatic rings. The number of aromatic nitrogens is 2. The molecular formula is C18H30N4O5S. The quantitative estimate of drug-likeness (QED) is 0.504. The Hall–Kier alpha value is -1.78. The van der Waals surface area contributed by atoms with Crippen LogP contribution in [0.4, 0.5) is 0 Å². The number of carbonyl (C=O) groups excluding carboxylic acids is 1. The van der Waals surface area contributed by atoms with Gasteiger partial charge in [0.05, 0.1) is 18.4 Å². The van der Waals surface area contributed by atoms with Crippen LogP contribution in [0.2, 0.25) is 0 Å². The van der Waals surface area contributed by atoms with Crippen molar-refractivity contribution in [2.75, 3.05) is 25.9 Å². The van der Waals surface area contributed by atoms with Crippen LogP contribution in [0.5, 0.6) is 0 Å². The third kappa shape index (κ3) is 8.07. The molecule has 1 unspecified atom stereocenters. The molecule has 1 fully saturated rings. The van der Waals surface area contributed by atoms with Gasteiger partial charge >= 0.3 is 0 Å². The van der Waals surface area contributed by atoms with Gasteiger partial charge < -0.3 is 10.6 Å². The third-order valence-corrected chi connectivity index (χ3v) is 4.98. The minimum atomic E-state index is -3.67. The second kappa shape index (κ2) is 10.7. The molecule has 0 radical (unpaired) electrons. The molecular weight excluding hydrogens is 384 g/mol. The van der Waals surface area contributed by atoms with E-state index in [-0.39, 0.29) is 17.9 Å². The van der Waals surface area contributed by atoms with E-state index in [0.717, 1.165) is 68.6 Å². The van der Waals surface area contributed by atoms with Gasteiger partial charge in [-0.05, 0) is 69.5 Å². The summed E-state index contributed by atoms with van der Waals surface area (Å²) in [6.07, 6.45) is 8.26. The summed E-state index contributed by atoms with van der Waals surface area (Å²) in [7, 11) is -3.67. The molecule has 28 heavy (non-hydrogen) atoms. The van der Waals surface area contributed by atoms with Crippen molar-refractivity contribution in [1.29, 1.82) is 0 Å². The number of fused-ring (bicyclic) bond motifs is 1. The van der Waals surface area contributed by atoms with Gasteiger partial charge in [-0.1, -0.05) is 0 Å². The van der Waals surface area contributed by atoms with Crippen molar-refractivity contribution in [2.45, 2.75) is 51.4 Å². The standard InChI is InChI=1S/C17H26N4O2.CH4O3S/c22-16(19-9-7-12-4-3-8-18-11-12)10-15-13-5-1-2-6-14(13)17(23)21-20-15;1-5(2,3)4/h12,18H,1-11H2,(H,19,22)(H,21,23);1H3,(H,2,3,4). The molecule has 4 N–H and O–H groups in total. The summed E-state index contributed by atoms with van der Waals surface area (Å²) < 4.78 is 25.9. The average molecular weight is 415 g/mol. The summed E-state index contributed by atoms with van der Waals surface area (Å²) >= 11 is 0. The fourth-order valence-electron chi connectivity index (χ4n) is 3.67. The molecule has 1 aromatic rings. The largest absolute Gasteiger partial charge is 0.356 e. The van der Waals surface area contributed by atoms with Crippen LogP contribution in [0.3, 0.4) is 0 Å². The molecule has 0 bridgehead atoms. The van der Waals surface area contributed by atoms with E-state index in [1.165, 1.54) is 12.8 Å². The molecule has 158 valence electrons. The smallest absolute Gasteiger partial charge is 0.267 e. The lowest BCUT2D eigenvalue weighted by Gasteiger charge is -2.22. The van der Waals surface area contributed by atoms with Crippen LogP contribution in [-0.4, -0.2) is 55.0 Å². The van der Waals surface area contributed by atoms with E-state index >= 15 is 0 Å². The molecule has 9 nitrogen and oxygen atoms in total. The molecule has 1 aromatic heterocycles. The van der Waals surface area contributed by atoms with Crippen molar-refractivity contribution in [2.24, 2.45) is 5.92 Å². The van der Waals surface area contributed by atoms with Crippen LogP contribution in [-0.2, 0) is 34.2 Å². The van der Waals surface area contributed by atoms with Crippen molar-refractivity contribution >= 4 is 16.0 Å². The van der Waals surface area contributed by atoms with Gasteiger partial charge in [0.1, 0.15) is 0 Å². The SMILES string of the molecule is CS(=O)(=O)O.O=C(Cc1n[nH]c(=O)c2c1CCCC2)NCCC1CCCNC1. The maximum atomic E-state index is 12.2. The Morgan fingerprint density at radius 3 is 2.57 bits per heavy atom. The van der Waals surface area contributed by atoms with Crippen LogP contribution in [0, 0.1) is 5.92 Å². The van der Waals surface area contributed by atoms with E-state index in [1.807, 2.05) is 0 Å². The highest BCUT2D eigenvalue weighted by molar-refractivity contribution is 7.85. The van der Waals surface area contributed by atoms with E-state index in [4.69, 9.17) is 4.55 Å². The first-order valence-electron chi connectivity index (χ1n) is 9.73. The Labute approximate surface area is 165 Å². The summed E-state index contributed by atoms with van der Waals surface area (Å²) in [4.78, 5) is 24.0. The fourth-order valence-corrected chi connectivity index (χ4v) is 3.67. The molecule has 1 aliphatic carbocycles. The van der Waals surface area contributed by atoms with E-state index in [1.54, 1.807) is 0 Å². The molecule has 2 heterocycles. The zero-order valence-corrected chi connectivity index (χ0v) is 17.1. The lowest BCUT2D eigenvalue weighted by Crippen LogP contribution is -2.34. The molecule has 10 heteroatoms. The number of carbonyl (C=O) groups is 1. The number of piperidine rings is 1. The predicted molar refractivity (Wildman–Crippen MR) is 106 cm³/mol. The number of H-pyrrole nitrogens is 1. The molecule has 3 rings (SSSR count). The normalized spacial score (nSPS) is 19.1. The molecule has 1 saturated heterocycles. The third-order valence-electron chi connectivity index (χ3n) is 4.98. The minimum Gasteiger partial charge on any atom is -0.356 e. The van der Waals surface area contributed by atoms with Crippen LogP contribution in [0.15, 0.2) is 4.79 Å². The first-order valence-corrected chi connectivity index (χ1v) is 11.6. The Kier molecular flexibility index (Phi) is 8.58. The molecule has 1 aliphatic heterocycles. The van der Waals surface area contributed by atoms with Crippen LogP contribution < -0.4 is 16.2 Å². The topological polar surface area (TPSA) is 141 Å². The van der Waals surface area contributed by atoms with Crippen LogP contribution in [0.1, 0.15) is 48.9 Å². The van der Waals surface area contributed by atoms with Gasteiger partial charge in [-0.2, -0.15) is 13.5 Å². The number of nitrogens with one attached hydrogen (secondary N) is 3. The number of rotatable bonds is 5. The monoisotopic (exact) mass is 414 g/mol. The van der Waals surface area contributed by atoms with E-state index in [2.05, 4.69) is 20.8 Å². The Morgan fingerprint density at radius 2 is 1.93 bits per heavy atom. The van der Waals surface area contributed by atoms with Crippen molar-refractivity contribution in [3.8, 4) is 0 Å². The lowest BCUT2D eigenvalue weighted by atomic mass is 9.91. The van der Waals surface area contributed by atoms with Crippen molar-refractivity contribution < 1.29 is 17.8 Å². The van der Waals surface area contributed by atoms with Crippen molar-refractivity contribution in [3.05, 3.63) is 27.2 Å². The highest BCUT2D eigenvalue weighted by Gasteiger charge is 2.19. The maximum Gasteiger partial charge on any atom is 0.267 e. The number of aromatic amines is 1. The second-order valence-corrected chi connectivity index (χ2v) is 8.89. The van der Waals surface area contributed by atoms with Crippen LogP contribution in [0.25, 0.3) is 0 Å². The van der Waals surface area contributed by atoms with Gasteiger partial charge in [0.2, 0.25) is 5.91 Å². The summed E-state index contributed by atoms with van der Waals surface area (Å²) in [5.41, 5.74) is 2.50. The fraction of sp³-hybridized carbons (Fsp3) is 0.722. The summed E-state index contributed by atoms with van der Waals surface area (Å²) in [5, 5.41) is 13.1. The van der Waals surface area contributed by atoms with Gasteiger partial charge in [0.15, 0.2) is 0 Å². The summed E-state index contributed by atoms with van der Waals surface area (Å²) in [6.45, 7) is 2.90. The van der Waals surface area contributed by atoms with Crippen molar-refractivity contribution in [1.82, 2.24) is 20.8 Å². The van der Waals surface area contributed by atoms with E-state index in [9.17, 15) is 18.0 Å². The molecule has 0 aromatic carbocycles. The molecule has 1 atom stereocenters.